The predicted octanol–water partition coefficient (Wildman–Crippen LogP) is 7.44. The quantitative estimate of drug-likeness (QED) is 0.269. The molecule has 0 spiro atoms. The minimum atomic E-state index is -1.14. The first kappa shape index (κ1) is 26.6. The number of hydrogen-bond acceptors (Lipinski definition) is 6. The number of ether oxygens (including phenoxy) is 2. The number of fused-ring (bicyclic) bond motifs is 1. The maximum Gasteiger partial charge on any atom is 0.337 e. The van der Waals surface area contributed by atoms with Crippen molar-refractivity contribution in [1.29, 1.82) is 0 Å². The Balaban J connectivity index is 1.64. The number of carboxylic acid groups (broad SMARTS) is 1. The van der Waals surface area contributed by atoms with Gasteiger partial charge in [-0.25, -0.2) is 9.78 Å². The number of carbonyl (C=O) groups is 1. The van der Waals surface area contributed by atoms with E-state index in [1.165, 1.54) is 0 Å². The second-order valence-electron chi connectivity index (χ2n) is 10.5. The Morgan fingerprint density at radius 2 is 1.89 bits per heavy atom. The average Bonchev–Trinajstić information content (AvgIpc) is 3.31. The van der Waals surface area contributed by atoms with Gasteiger partial charge in [-0.2, -0.15) is 0 Å². The van der Waals surface area contributed by atoms with Crippen molar-refractivity contribution in [1.82, 2.24) is 4.98 Å². The zero-order valence-electron chi connectivity index (χ0n) is 21.9. The highest BCUT2D eigenvalue weighted by molar-refractivity contribution is 7.22. The molecular formula is C30H31ClN2O4S. The number of benzene rings is 3. The Labute approximate surface area is 231 Å². The van der Waals surface area contributed by atoms with Crippen LogP contribution in [0.2, 0.25) is 5.02 Å². The van der Waals surface area contributed by atoms with Crippen LogP contribution in [0.3, 0.4) is 0 Å². The third-order valence-electron chi connectivity index (χ3n) is 6.52. The fraction of sp³-hybridized carbons (Fsp3) is 0.333. The Bertz CT molecular complexity index is 1450. The van der Waals surface area contributed by atoms with Crippen molar-refractivity contribution < 1.29 is 19.4 Å². The summed E-state index contributed by atoms with van der Waals surface area (Å²) in [4.78, 5) is 19.8. The van der Waals surface area contributed by atoms with Crippen molar-refractivity contribution in [2.24, 2.45) is 0 Å². The fourth-order valence-electron chi connectivity index (χ4n) is 4.85. The van der Waals surface area contributed by atoms with E-state index in [0.29, 0.717) is 23.7 Å². The maximum atomic E-state index is 12.5. The largest absolute Gasteiger partial charge is 0.479 e. The number of morpholine rings is 1. The maximum absolute atomic E-state index is 12.5. The standard InChI is InChI=1S/C30H31ClN2O4S/c1-18-16-22-27(38-29(32-22)33-14-15-36-23(17-33)19-8-6-5-7-9-19)25(20-10-12-21(31)13-11-20)24(18)26(28(34)35)37-30(2,3)4/h5-13,16,23,26H,14-15,17H2,1-4H3,(H,34,35). The van der Waals surface area contributed by atoms with Gasteiger partial charge in [-0.05, 0) is 62.6 Å². The highest BCUT2D eigenvalue weighted by Crippen LogP contribution is 2.44. The summed E-state index contributed by atoms with van der Waals surface area (Å²) >= 11 is 7.79. The van der Waals surface area contributed by atoms with Crippen LogP contribution in [0.4, 0.5) is 5.13 Å². The van der Waals surface area contributed by atoms with E-state index < -0.39 is 17.7 Å². The zero-order chi connectivity index (χ0) is 27.0. The average molecular weight is 551 g/mol. The third-order valence-corrected chi connectivity index (χ3v) is 7.92. The molecule has 1 aliphatic rings. The van der Waals surface area contributed by atoms with Gasteiger partial charge < -0.3 is 19.5 Å². The number of hydrogen-bond donors (Lipinski definition) is 1. The number of aliphatic carboxylic acids is 1. The van der Waals surface area contributed by atoms with Gasteiger partial charge in [-0.3, -0.25) is 0 Å². The molecule has 3 aromatic carbocycles. The summed E-state index contributed by atoms with van der Waals surface area (Å²) in [6.07, 6.45) is -1.18. The van der Waals surface area contributed by atoms with Gasteiger partial charge in [-0.1, -0.05) is 65.4 Å². The summed E-state index contributed by atoms with van der Waals surface area (Å²) in [5, 5.41) is 11.8. The lowest BCUT2D eigenvalue weighted by atomic mass is 9.91. The number of thiazole rings is 1. The molecule has 2 heterocycles. The van der Waals surface area contributed by atoms with Crippen molar-refractivity contribution in [3.05, 3.63) is 82.4 Å². The van der Waals surface area contributed by atoms with E-state index in [1.807, 2.05) is 76.2 Å². The molecule has 1 aliphatic heterocycles. The van der Waals surface area contributed by atoms with Crippen molar-refractivity contribution in [3.63, 3.8) is 0 Å². The molecule has 6 nitrogen and oxygen atoms in total. The van der Waals surface area contributed by atoms with E-state index in [0.717, 1.165) is 44.1 Å². The molecule has 1 saturated heterocycles. The molecule has 1 N–H and O–H groups in total. The van der Waals surface area contributed by atoms with Crippen LogP contribution in [0.15, 0.2) is 60.7 Å². The topological polar surface area (TPSA) is 71.9 Å². The number of nitrogens with zero attached hydrogens (tertiary/aromatic N) is 2. The van der Waals surface area contributed by atoms with Crippen molar-refractivity contribution in [3.8, 4) is 11.1 Å². The lowest BCUT2D eigenvalue weighted by molar-refractivity contribution is -0.160. The number of anilines is 1. The molecule has 1 aromatic heterocycles. The minimum absolute atomic E-state index is 0.0402. The number of rotatable bonds is 6. The Kier molecular flexibility index (Phi) is 7.47. The van der Waals surface area contributed by atoms with Crippen LogP contribution >= 0.6 is 22.9 Å². The number of halogens is 1. The van der Waals surface area contributed by atoms with E-state index in [9.17, 15) is 9.90 Å². The number of carboxylic acids is 1. The lowest BCUT2D eigenvalue weighted by Crippen LogP contribution is -2.38. The summed E-state index contributed by atoms with van der Waals surface area (Å²) in [5.74, 6) is -1.03. The third kappa shape index (κ3) is 5.57. The molecule has 1 fully saturated rings. The van der Waals surface area contributed by atoms with E-state index in [1.54, 1.807) is 11.3 Å². The van der Waals surface area contributed by atoms with Gasteiger partial charge in [0.25, 0.3) is 0 Å². The molecule has 0 amide bonds. The van der Waals surface area contributed by atoms with Gasteiger partial charge in [0.05, 0.1) is 29.0 Å². The van der Waals surface area contributed by atoms with Crippen LogP contribution in [-0.2, 0) is 14.3 Å². The molecule has 0 aliphatic carbocycles. The normalized spacial score (nSPS) is 17.1. The van der Waals surface area contributed by atoms with Gasteiger partial charge in [0.15, 0.2) is 11.2 Å². The summed E-state index contributed by atoms with van der Waals surface area (Å²) in [7, 11) is 0. The van der Waals surface area contributed by atoms with Crippen molar-refractivity contribution in [2.75, 3.05) is 24.6 Å². The molecule has 2 atom stereocenters. The van der Waals surface area contributed by atoms with Crippen LogP contribution in [0, 0.1) is 6.92 Å². The first-order valence-corrected chi connectivity index (χ1v) is 13.8. The molecule has 38 heavy (non-hydrogen) atoms. The Morgan fingerprint density at radius 1 is 1.18 bits per heavy atom. The molecule has 2 unspecified atom stereocenters. The zero-order valence-corrected chi connectivity index (χ0v) is 23.5. The first-order valence-electron chi connectivity index (χ1n) is 12.6. The molecular weight excluding hydrogens is 520 g/mol. The Morgan fingerprint density at radius 3 is 2.55 bits per heavy atom. The molecule has 0 bridgehead atoms. The SMILES string of the molecule is Cc1cc2nc(N3CCOC(c4ccccc4)C3)sc2c(-c2ccc(Cl)cc2)c1C(OC(C)(C)C)C(=O)O. The molecule has 5 rings (SSSR count). The second kappa shape index (κ2) is 10.7. The van der Waals surface area contributed by atoms with Crippen LogP contribution < -0.4 is 4.90 Å². The van der Waals surface area contributed by atoms with Gasteiger partial charge in [0.1, 0.15) is 6.10 Å². The van der Waals surface area contributed by atoms with Gasteiger partial charge in [-0.15, -0.1) is 0 Å². The summed E-state index contributed by atoms with van der Waals surface area (Å²) in [6, 6.07) is 19.7. The van der Waals surface area contributed by atoms with E-state index in [2.05, 4.69) is 17.0 Å². The molecule has 0 saturated carbocycles. The van der Waals surface area contributed by atoms with Crippen molar-refractivity contribution >= 4 is 44.3 Å². The highest BCUT2D eigenvalue weighted by atomic mass is 35.5. The molecule has 198 valence electrons. The summed E-state index contributed by atoms with van der Waals surface area (Å²) in [5.41, 5.74) is 4.48. The predicted molar refractivity (Wildman–Crippen MR) is 153 cm³/mol. The lowest BCUT2D eigenvalue weighted by Gasteiger charge is -2.32. The minimum Gasteiger partial charge on any atom is -0.479 e. The van der Waals surface area contributed by atoms with Gasteiger partial charge in [0.2, 0.25) is 0 Å². The van der Waals surface area contributed by atoms with Crippen LogP contribution in [0.25, 0.3) is 21.3 Å². The van der Waals surface area contributed by atoms with E-state index in [-0.39, 0.29) is 6.10 Å². The molecule has 8 heteroatoms. The number of aromatic nitrogens is 1. The van der Waals surface area contributed by atoms with Crippen molar-refractivity contribution in [2.45, 2.75) is 45.5 Å². The van der Waals surface area contributed by atoms with Crippen LogP contribution in [0.1, 0.15) is 49.7 Å². The first-order chi connectivity index (χ1) is 18.1. The van der Waals surface area contributed by atoms with Gasteiger partial charge >= 0.3 is 5.97 Å². The summed E-state index contributed by atoms with van der Waals surface area (Å²) in [6.45, 7) is 9.55. The summed E-state index contributed by atoms with van der Waals surface area (Å²) < 4.78 is 13.1. The second-order valence-corrected chi connectivity index (χ2v) is 11.9. The van der Waals surface area contributed by atoms with Crippen LogP contribution in [0.5, 0.6) is 0 Å². The Hall–Kier alpha value is -2.97. The van der Waals surface area contributed by atoms with Gasteiger partial charge in [0, 0.05) is 22.7 Å². The van der Waals surface area contributed by atoms with E-state index in [4.69, 9.17) is 26.1 Å². The van der Waals surface area contributed by atoms with Crippen LogP contribution in [-0.4, -0.2) is 41.4 Å². The smallest absolute Gasteiger partial charge is 0.337 e. The monoisotopic (exact) mass is 550 g/mol. The molecule has 4 aromatic rings. The highest BCUT2D eigenvalue weighted by Gasteiger charge is 2.33. The van der Waals surface area contributed by atoms with E-state index >= 15 is 0 Å². The number of aryl methyl sites for hydroxylation is 1. The fourth-order valence-corrected chi connectivity index (χ4v) is 6.14. The molecule has 0 radical (unpaired) electrons.